The van der Waals surface area contributed by atoms with Crippen molar-refractivity contribution in [2.75, 3.05) is 6.61 Å². The zero-order valence-corrected chi connectivity index (χ0v) is 18.1. The lowest BCUT2D eigenvalue weighted by Gasteiger charge is -2.30. The van der Waals surface area contributed by atoms with E-state index in [-0.39, 0.29) is 23.7 Å². The number of rotatable bonds is 8. The SMILES string of the molecule is NC(=CC=NC(F)F)C1=C(CC(N)CO)NC(c2nccs2)=N[C@H]1c1ccc(F)cc1Cl. The molecule has 2 atom stereocenters. The average molecular weight is 485 g/mol. The van der Waals surface area contributed by atoms with Crippen LogP contribution in [-0.2, 0) is 0 Å². The van der Waals surface area contributed by atoms with Crippen LogP contribution in [0.3, 0.4) is 0 Å². The average Bonchev–Trinajstić information content (AvgIpc) is 3.27. The van der Waals surface area contributed by atoms with Gasteiger partial charge in [-0.3, -0.25) is 4.99 Å². The van der Waals surface area contributed by atoms with Gasteiger partial charge in [0.15, 0.2) is 10.8 Å². The van der Waals surface area contributed by atoms with Crippen LogP contribution in [0.5, 0.6) is 0 Å². The van der Waals surface area contributed by atoms with Crippen LogP contribution in [0.15, 0.2) is 62.8 Å². The van der Waals surface area contributed by atoms with Gasteiger partial charge in [-0.05, 0) is 18.2 Å². The Kier molecular flexibility index (Phi) is 8.02. The molecule has 12 heteroatoms. The minimum Gasteiger partial charge on any atom is -0.398 e. The number of aliphatic hydroxyl groups is 1. The molecule has 6 N–H and O–H groups in total. The molecule has 0 saturated carbocycles. The van der Waals surface area contributed by atoms with Crippen LogP contribution in [-0.4, -0.2) is 41.3 Å². The number of halogens is 4. The first-order valence-corrected chi connectivity index (χ1v) is 10.6. The van der Waals surface area contributed by atoms with E-state index in [9.17, 15) is 18.3 Å². The summed E-state index contributed by atoms with van der Waals surface area (Å²) in [6.45, 7) is -3.20. The molecule has 2 aromatic rings. The predicted octanol–water partition coefficient (Wildman–Crippen LogP) is 3.13. The van der Waals surface area contributed by atoms with Gasteiger partial charge in [-0.25, -0.2) is 14.4 Å². The molecule has 1 aliphatic heterocycles. The zero-order valence-electron chi connectivity index (χ0n) is 16.6. The maximum atomic E-state index is 13.7. The summed E-state index contributed by atoms with van der Waals surface area (Å²) in [4.78, 5) is 11.9. The van der Waals surface area contributed by atoms with E-state index in [1.807, 2.05) is 0 Å². The molecule has 2 heterocycles. The van der Waals surface area contributed by atoms with Crippen LogP contribution in [0.1, 0.15) is 23.0 Å². The molecule has 7 nitrogen and oxygen atoms in total. The highest BCUT2D eigenvalue weighted by atomic mass is 35.5. The van der Waals surface area contributed by atoms with Crippen LogP contribution >= 0.6 is 22.9 Å². The Bertz CT molecular complexity index is 1070. The number of hydrogen-bond donors (Lipinski definition) is 4. The summed E-state index contributed by atoms with van der Waals surface area (Å²) < 4.78 is 38.6. The number of alkyl halides is 2. The summed E-state index contributed by atoms with van der Waals surface area (Å²) in [6.07, 6.45) is 3.87. The smallest absolute Gasteiger partial charge is 0.331 e. The third kappa shape index (κ3) is 5.74. The summed E-state index contributed by atoms with van der Waals surface area (Å²) in [6, 6.07) is 2.39. The third-order valence-electron chi connectivity index (χ3n) is 4.48. The number of amidine groups is 1. The number of nitrogens with zero attached hydrogens (tertiary/aromatic N) is 3. The quantitative estimate of drug-likeness (QED) is 0.339. The molecule has 1 aliphatic rings. The van der Waals surface area contributed by atoms with Crippen LogP contribution in [0.4, 0.5) is 13.2 Å². The first kappa shape index (κ1) is 23.9. The minimum atomic E-state index is -2.89. The Morgan fingerprint density at radius 1 is 1.41 bits per heavy atom. The van der Waals surface area contributed by atoms with Crippen LogP contribution < -0.4 is 16.8 Å². The lowest BCUT2D eigenvalue weighted by atomic mass is 9.91. The molecule has 0 spiro atoms. The standard InChI is InChI=1S/C20H20ClF3N6OS/c21-13-7-10(22)1-2-12(13)17-16(14(26)3-4-28-20(23)24)15(8-11(25)9-31)29-18(30-17)19-27-5-6-32-19/h1-7,11,17,20,31H,8-9,25-26H2,(H,29,30)/t11?,17-/m0/s1. The van der Waals surface area contributed by atoms with Crippen molar-refractivity contribution in [3.63, 3.8) is 0 Å². The lowest BCUT2D eigenvalue weighted by Crippen LogP contribution is -2.36. The molecule has 1 unspecified atom stereocenters. The van der Waals surface area contributed by atoms with E-state index in [0.717, 1.165) is 12.3 Å². The molecular weight excluding hydrogens is 465 g/mol. The van der Waals surface area contributed by atoms with E-state index in [1.54, 1.807) is 11.6 Å². The molecule has 0 aliphatic carbocycles. The highest BCUT2D eigenvalue weighted by molar-refractivity contribution is 7.11. The second-order valence-corrected chi connectivity index (χ2v) is 8.05. The second kappa shape index (κ2) is 10.7. The Morgan fingerprint density at radius 3 is 2.81 bits per heavy atom. The predicted molar refractivity (Wildman–Crippen MR) is 119 cm³/mol. The molecule has 0 saturated heterocycles. The molecule has 1 aromatic carbocycles. The Morgan fingerprint density at radius 2 is 2.19 bits per heavy atom. The van der Waals surface area contributed by atoms with Crippen molar-refractivity contribution in [2.45, 2.75) is 25.1 Å². The van der Waals surface area contributed by atoms with Crippen molar-refractivity contribution >= 4 is 35.0 Å². The Hall–Kier alpha value is -2.73. The van der Waals surface area contributed by atoms with Crippen molar-refractivity contribution in [1.82, 2.24) is 10.3 Å². The van der Waals surface area contributed by atoms with Gasteiger partial charge in [-0.1, -0.05) is 17.7 Å². The summed E-state index contributed by atoms with van der Waals surface area (Å²) >= 11 is 7.65. The van der Waals surface area contributed by atoms with E-state index < -0.39 is 24.5 Å². The summed E-state index contributed by atoms with van der Waals surface area (Å²) in [5.41, 5.74) is 13.6. The molecule has 0 bridgehead atoms. The third-order valence-corrected chi connectivity index (χ3v) is 5.59. The normalized spacial score (nSPS) is 18.3. The summed E-state index contributed by atoms with van der Waals surface area (Å²) in [5.74, 6) is -0.124. The first-order valence-electron chi connectivity index (χ1n) is 9.36. The molecular formula is C20H20ClF3N6OS. The van der Waals surface area contributed by atoms with Gasteiger partial charge in [-0.2, -0.15) is 8.78 Å². The van der Waals surface area contributed by atoms with Crippen LogP contribution in [0.25, 0.3) is 0 Å². The van der Waals surface area contributed by atoms with Crippen molar-refractivity contribution in [2.24, 2.45) is 21.5 Å². The largest absolute Gasteiger partial charge is 0.398 e. The van der Waals surface area contributed by atoms with E-state index in [2.05, 4.69) is 20.3 Å². The number of nitrogens with two attached hydrogens (primary N) is 2. The fraction of sp³-hybridized carbons (Fsp3) is 0.250. The van der Waals surface area contributed by atoms with Crippen molar-refractivity contribution in [1.29, 1.82) is 0 Å². The number of nitrogens with one attached hydrogen (secondary N) is 1. The van der Waals surface area contributed by atoms with Gasteiger partial charge in [0.25, 0.3) is 0 Å². The van der Waals surface area contributed by atoms with E-state index in [0.29, 0.717) is 27.7 Å². The number of hydrogen-bond acceptors (Lipinski definition) is 8. The minimum absolute atomic E-state index is 0.0781. The van der Waals surface area contributed by atoms with Gasteiger partial charge in [0.2, 0.25) is 0 Å². The van der Waals surface area contributed by atoms with Crippen molar-refractivity contribution in [3.8, 4) is 0 Å². The number of aliphatic hydroxyl groups excluding tert-OH is 1. The van der Waals surface area contributed by atoms with E-state index in [4.69, 9.17) is 23.1 Å². The van der Waals surface area contributed by atoms with Gasteiger partial charge < -0.3 is 21.9 Å². The highest BCUT2D eigenvalue weighted by Gasteiger charge is 2.30. The molecule has 3 rings (SSSR count). The Labute approximate surface area is 191 Å². The Balaban J connectivity index is 2.18. The van der Waals surface area contributed by atoms with Crippen LogP contribution in [0.2, 0.25) is 5.02 Å². The van der Waals surface area contributed by atoms with Gasteiger partial charge in [0.1, 0.15) is 11.9 Å². The maximum absolute atomic E-state index is 13.7. The molecule has 1 aromatic heterocycles. The zero-order chi connectivity index (χ0) is 23.3. The molecule has 0 fully saturated rings. The second-order valence-electron chi connectivity index (χ2n) is 6.75. The first-order chi connectivity index (χ1) is 15.3. The molecule has 0 radical (unpaired) electrons. The number of thiazole rings is 1. The monoisotopic (exact) mass is 484 g/mol. The molecule has 170 valence electrons. The van der Waals surface area contributed by atoms with E-state index in [1.165, 1.54) is 29.5 Å². The topological polar surface area (TPSA) is 122 Å². The summed E-state index contributed by atoms with van der Waals surface area (Å²) in [7, 11) is 0. The number of allylic oxidation sites excluding steroid dienone is 1. The van der Waals surface area contributed by atoms with Crippen LogP contribution in [0, 0.1) is 5.82 Å². The fourth-order valence-corrected chi connectivity index (χ4v) is 3.95. The fourth-order valence-electron chi connectivity index (χ4n) is 3.10. The van der Waals surface area contributed by atoms with Crippen molar-refractivity contribution < 1.29 is 18.3 Å². The maximum Gasteiger partial charge on any atom is 0.331 e. The summed E-state index contributed by atoms with van der Waals surface area (Å²) in [5, 5.41) is 15.1. The lowest BCUT2D eigenvalue weighted by molar-refractivity contribution is 0.161. The number of aromatic nitrogens is 1. The highest BCUT2D eigenvalue weighted by Crippen LogP contribution is 2.38. The van der Waals surface area contributed by atoms with Gasteiger partial charge in [0.05, 0.1) is 6.61 Å². The van der Waals surface area contributed by atoms with Gasteiger partial charge >= 0.3 is 6.55 Å². The number of benzene rings is 1. The molecule has 0 amide bonds. The molecule has 32 heavy (non-hydrogen) atoms. The number of aliphatic imine (C=N–C) groups is 2. The van der Waals surface area contributed by atoms with Gasteiger partial charge in [-0.15, -0.1) is 11.3 Å². The van der Waals surface area contributed by atoms with Crippen molar-refractivity contribution in [3.05, 3.63) is 74.2 Å². The van der Waals surface area contributed by atoms with E-state index >= 15 is 0 Å². The van der Waals surface area contributed by atoms with Gasteiger partial charge in [0, 0.05) is 57.8 Å².